The van der Waals surface area contributed by atoms with Crippen molar-refractivity contribution in [2.45, 2.75) is 19.8 Å². The molecule has 0 radical (unpaired) electrons. The van der Waals surface area contributed by atoms with E-state index in [4.69, 9.17) is 0 Å². The van der Waals surface area contributed by atoms with Gasteiger partial charge in [0.05, 0.1) is 5.75 Å². The smallest absolute Gasteiger partial charge is 0.230 e. The normalized spacial score (nSPS) is 14.9. The highest BCUT2D eigenvalue weighted by Gasteiger charge is 2.05. The Morgan fingerprint density at radius 2 is 2.44 bits per heavy atom. The molecule has 5 heteroatoms. The van der Waals surface area contributed by atoms with Gasteiger partial charge in [-0.3, -0.25) is 4.79 Å². The second kappa shape index (κ2) is 10.00. The predicted octanol–water partition coefficient (Wildman–Crippen LogP) is 1.59. The van der Waals surface area contributed by atoms with Crippen molar-refractivity contribution in [3.05, 3.63) is 11.6 Å². The van der Waals surface area contributed by atoms with Gasteiger partial charge in [-0.25, -0.2) is 0 Å². The molecule has 0 aromatic rings. The molecule has 0 atom stereocenters. The highest BCUT2D eigenvalue weighted by molar-refractivity contribution is 7.99. The summed E-state index contributed by atoms with van der Waals surface area (Å²) in [6, 6.07) is 0. The van der Waals surface area contributed by atoms with Crippen LogP contribution in [0.1, 0.15) is 19.8 Å². The molecule has 0 aliphatic carbocycles. The van der Waals surface area contributed by atoms with Crippen LogP contribution >= 0.6 is 24.2 Å². The van der Waals surface area contributed by atoms with Crippen molar-refractivity contribution in [1.29, 1.82) is 0 Å². The number of carbonyl (C=O) groups is 1. The lowest BCUT2D eigenvalue weighted by Crippen LogP contribution is -2.30. The molecular weight excluding hydrogens is 244 g/mol. The third kappa shape index (κ3) is 7.14. The van der Waals surface area contributed by atoms with Crippen molar-refractivity contribution in [2.75, 3.05) is 31.1 Å². The third-order valence-corrected chi connectivity index (χ3v) is 3.42. The molecule has 0 aromatic heterocycles. The summed E-state index contributed by atoms with van der Waals surface area (Å²) in [6.45, 7) is 4.83. The summed E-state index contributed by atoms with van der Waals surface area (Å²) in [4.78, 5) is 11.4. The summed E-state index contributed by atoms with van der Waals surface area (Å²) < 4.78 is 0. The molecule has 0 fully saturated rings. The molecule has 16 heavy (non-hydrogen) atoms. The summed E-state index contributed by atoms with van der Waals surface area (Å²) in [7, 11) is 0. The van der Waals surface area contributed by atoms with E-state index in [1.54, 1.807) is 11.8 Å². The van der Waals surface area contributed by atoms with Crippen LogP contribution in [0.15, 0.2) is 11.6 Å². The van der Waals surface area contributed by atoms with E-state index >= 15 is 0 Å². The molecule has 0 spiro atoms. The second-order valence-corrected chi connectivity index (χ2v) is 4.75. The van der Waals surface area contributed by atoms with Gasteiger partial charge < -0.3 is 10.6 Å². The first kappa shape index (κ1) is 15.8. The summed E-state index contributed by atoms with van der Waals surface area (Å²) in [5.41, 5.74) is 1.35. The number of rotatable bonds is 6. The highest BCUT2D eigenvalue weighted by atomic mass is 35.5. The van der Waals surface area contributed by atoms with E-state index in [1.807, 2.05) is 0 Å². The van der Waals surface area contributed by atoms with Crippen molar-refractivity contribution >= 4 is 30.1 Å². The SMILES string of the molecule is CCCSCC(=O)NCC1=CCNCC1.Cl. The van der Waals surface area contributed by atoms with E-state index in [9.17, 15) is 4.79 Å². The van der Waals surface area contributed by atoms with Crippen LogP contribution in [0.25, 0.3) is 0 Å². The molecular formula is C11H21ClN2OS. The molecule has 1 heterocycles. The number of hydrogen-bond donors (Lipinski definition) is 2. The van der Waals surface area contributed by atoms with E-state index < -0.39 is 0 Å². The van der Waals surface area contributed by atoms with Crippen LogP contribution in [-0.4, -0.2) is 37.0 Å². The molecule has 0 unspecified atom stereocenters. The Morgan fingerprint density at radius 3 is 3.06 bits per heavy atom. The standard InChI is InChI=1S/C11H20N2OS.ClH/c1-2-7-15-9-11(14)13-8-10-3-5-12-6-4-10;/h3,12H,2,4-9H2,1H3,(H,13,14);1H. The van der Waals surface area contributed by atoms with Gasteiger partial charge in [0, 0.05) is 13.1 Å². The minimum Gasteiger partial charge on any atom is -0.352 e. The first-order valence-corrected chi connectivity index (χ1v) is 6.71. The fourth-order valence-electron chi connectivity index (χ4n) is 1.40. The van der Waals surface area contributed by atoms with Crippen LogP contribution in [0.3, 0.4) is 0 Å². The number of amides is 1. The van der Waals surface area contributed by atoms with Crippen LogP contribution in [0.5, 0.6) is 0 Å². The number of halogens is 1. The Bertz CT molecular complexity index is 234. The Labute approximate surface area is 108 Å². The average Bonchev–Trinajstić information content (AvgIpc) is 2.28. The van der Waals surface area contributed by atoms with Crippen LogP contribution in [0, 0.1) is 0 Å². The Balaban J connectivity index is 0.00000225. The van der Waals surface area contributed by atoms with Crippen LogP contribution < -0.4 is 10.6 Å². The summed E-state index contributed by atoms with van der Waals surface area (Å²) >= 11 is 1.70. The maximum Gasteiger partial charge on any atom is 0.230 e. The molecule has 94 valence electrons. The zero-order valence-corrected chi connectivity index (χ0v) is 11.4. The predicted molar refractivity (Wildman–Crippen MR) is 73.4 cm³/mol. The van der Waals surface area contributed by atoms with E-state index in [0.717, 1.165) is 38.2 Å². The lowest BCUT2D eigenvalue weighted by Gasteiger charge is -2.14. The van der Waals surface area contributed by atoms with Crippen molar-refractivity contribution in [3.63, 3.8) is 0 Å². The van der Waals surface area contributed by atoms with Gasteiger partial charge in [-0.05, 0) is 25.1 Å². The topological polar surface area (TPSA) is 41.1 Å². The van der Waals surface area contributed by atoms with Crippen molar-refractivity contribution in [1.82, 2.24) is 10.6 Å². The average molecular weight is 265 g/mol. The van der Waals surface area contributed by atoms with Crippen molar-refractivity contribution in [2.24, 2.45) is 0 Å². The van der Waals surface area contributed by atoms with Crippen LogP contribution in [0.2, 0.25) is 0 Å². The monoisotopic (exact) mass is 264 g/mol. The molecule has 1 aliphatic rings. The molecule has 1 rings (SSSR count). The van der Waals surface area contributed by atoms with Gasteiger partial charge >= 0.3 is 0 Å². The van der Waals surface area contributed by atoms with Gasteiger partial charge in [-0.2, -0.15) is 11.8 Å². The van der Waals surface area contributed by atoms with Crippen LogP contribution in [-0.2, 0) is 4.79 Å². The fraction of sp³-hybridized carbons (Fsp3) is 0.727. The van der Waals surface area contributed by atoms with E-state index in [-0.39, 0.29) is 18.3 Å². The summed E-state index contributed by atoms with van der Waals surface area (Å²) in [5, 5.41) is 6.21. The molecule has 3 nitrogen and oxygen atoms in total. The molecule has 2 N–H and O–H groups in total. The second-order valence-electron chi connectivity index (χ2n) is 3.65. The molecule has 0 aromatic carbocycles. The van der Waals surface area contributed by atoms with Crippen molar-refractivity contribution < 1.29 is 4.79 Å². The highest BCUT2D eigenvalue weighted by Crippen LogP contribution is 2.03. The maximum absolute atomic E-state index is 11.4. The van der Waals surface area contributed by atoms with Gasteiger partial charge in [0.15, 0.2) is 0 Å². The molecule has 0 saturated heterocycles. The lowest BCUT2D eigenvalue weighted by atomic mass is 10.1. The van der Waals surface area contributed by atoms with Gasteiger partial charge in [0.2, 0.25) is 5.91 Å². The third-order valence-electron chi connectivity index (χ3n) is 2.25. The molecule has 0 saturated carbocycles. The summed E-state index contributed by atoms with van der Waals surface area (Å²) in [5.74, 6) is 1.83. The van der Waals surface area contributed by atoms with Crippen LogP contribution in [0.4, 0.5) is 0 Å². The number of carbonyl (C=O) groups excluding carboxylic acids is 1. The zero-order valence-electron chi connectivity index (χ0n) is 9.75. The minimum atomic E-state index is 0. The largest absolute Gasteiger partial charge is 0.352 e. The quantitative estimate of drug-likeness (QED) is 0.566. The number of nitrogens with one attached hydrogen (secondary N) is 2. The fourth-order valence-corrected chi connectivity index (χ4v) is 2.12. The number of thioether (sulfide) groups is 1. The van der Waals surface area contributed by atoms with E-state index in [0.29, 0.717) is 5.75 Å². The Kier molecular flexibility index (Phi) is 9.88. The van der Waals surface area contributed by atoms with E-state index in [2.05, 4.69) is 23.6 Å². The molecule has 1 aliphatic heterocycles. The van der Waals surface area contributed by atoms with Gasteiger partial charge in [-0.15, -0.1) is 12.4 Å². The van der Waals surface area contributed by atoms with Gasteiger partial charge in [0.1, 0.15) is 0 Å². The zero-order chi connectivity index (χ0) is 10.9. The molecule has 1 amide bonds. The summed E-state index contributed by atoms with van der Waals surface area (Å²) in [6.07, 6.45) is 4.36. The van der Waals surface area contributed by atoms with Crippen molar-refractivity contribution in [3.8, 4) is 0 Å². The van der Waals surface area contributed by atoms with E-state index in [1.165, 1.54) is 5.57 Å². The first-order chi connectivity index (χ1) is 7.33. The first-order valence-electron chi connectivity index (χ1n) is 5.56. The Morgan fingerprint density at radius 1 is 1.62 bits per heavy atom. The minimum absolute atomic E-state index is 0. The van der Waals surface area contributed by atoms with Gasteiger partial charge in [0.25, 0.3) is 0 Å². The Hall–Kier alpha value is -0.190. The maximum atomic E-state index is 11.4. The van der Waals surface area contributed by atoms with Gasteiger partial charge in [-0.1, -0.05) is 18.6 Å². The lowest BCUT2D eigenvalue weighted by molar-refractivity contribution is -0.118. The number of hydrogen-bond acceptors (Lipinski definition) is 3. The molecule has 0 bridgehead atoms.